The first-order valence-corrected chi connectivity index (χ1v) is 6.23. The van der Waals surface area contributed by atoms with Gasteiger partial charge in [0.1, 0.15) is 6.61 Å². The monoisotopic (exact) mass is 286 g/mol. The van der Waals surface area contributed by atoms with Crippen LogP contribution in [-0.4, -0.2) is 12.2 Å². The first kappa shape index (κ1) is 14.4. The summed E-state index contributed by atoms with van der Waals surface area (Å²) in [5.74, 6) is 0. The van der Waals surface area contributed by atoms with Crippen molar-refractivity contribution in [2.24, 2.45) is 0 Å². The molecule has 0 aromatic heterocycles. The molecule has 2 aromatic carbocycles. The van der Waals surface area contributed by atoms with Gasteiger partial charge in [-0.05, 0) is 17.7 Å². The molecule has 0 aliphatic heterocycles. The SMILES string of the molecule is O=C(NOC(=O)Nc1ccccc1)OCc1ccccc1. The zero-order chi connectivity index (χ0) is 14.9. The Bertz CT molecular complexity index is 587. The topological polar surface area (TPSA) is 76.7 Å². The molecule has 0 spiro atoms. The minimum Gasteiger partial charge on any atom is -0.443 e. The van der Waals surface area contributed by atoms with Crippen molar-refractivity contribution in [2.75, 3.05) is 5.32 Å². The van der Waals surface area contributed by atoms with Gasteiger partial charge in [0.2, 0.25) is 0 Å². The van der Waals surface area contributed by atoms with Gasteiger partial charge < -0.3 is 9.57 Å². The molecule has 108 valence electrons. The molecule has 6 heteroatoms. The Labute approximate surface area is 121 Å². The number of amides is 2. The maximum atomic E-state index is 11.4. The van der Waals surface area contributed by atoms with E-state index in [9.17, 15) is 9.59 Å². The van der Waals surface area contributed by atoms with Gasteiger partial charge in [-0.2, -0.15) is 0 Å². The lowest BCUT2D eigenvalue weighted by molar-refractivity contribution is 0.0668. The molecule has 0 bridgehead atoms. The van der Waals surface area contributed by atoms with Gasteiger partial charge in [-0.3, -0.25) is 5.32 Å². The highest BCUT2D eigenvalue weighted by Gasteiger charge is 2.07. The molecule has 0 atom stereocenters. The normalized spacial score (nSPS) is 9.52. The Morgan fingerprint density at radius 2 is 1.48 bits per heavy atom. The fourth-order valence-electron chi connectivity index (χ4n) is 1.51. The van der Waals surface area contributed by atoms with Crippen LogP contribution in [0, 0.1) is 0 Å². The van der Waals surface area contributed by atoms with Gasteiger partial charge in [-0.1, -0.05) is 48.5 Å². The van der Waals surface area contributed by atoms with Gasteiger partial charge in [0.25, 0.3) is 0 Å². The van der Waals surface area contributed by atoms with Crippen LogP contribution >= 0.6 is 0 Å². The Morgan fingerprint density at radius 3 is 2.14 bits per heavy atom. The van der Waals surface area contributed by atoms with Crippen LogP contribution in [0.15, 0.2) is 60.7 Å². The summed E-state index contributed by atoms with van der Waals surface area (Å²) in [6.07, 6.45) is -1.65. The Balaban J connectivity index is 1.68. The number of hydroxylamine groups is 1. The molecule has 0 unspecified atom stereocenters. The molecule has 0 heterocycles. The number of rotatable bonds is 3. The lowest BCUT2D eigenvalue weighted by Crippen LogP contribution is -2.30. The zero-order valence-electron chi connectivity index (χ0n) is 11.1. The number of hydrogen-bond donors (Lipinski definition) is 2. The summed E-state index contributed by atoms with van der Waals surface area (Å²) < 4.78 is 4.87. The van der Waals surface area contributed by atoms with E-state index in [1.165, 1.54) is 0 Å². The van der Waals surface area contributed by atoms with Gasteiger partial charge in [-0.15, -0.1) is 5.48 Å². The van der Waals surface area contributed by atoms with Crippen LogP contribution in [0.2, 0.25) is 0 Å². The van der Waals surface area contributed by atoms with Crippen molar-refractivity contribution < 1.29 is 19.2 Å². The Morgan fingerprint density at radius 1 is 0.857 bits per heavy atom. The fourth-order valence-corrected chi connectivity index (χ4v) is 1.51. The molecule has 0 aliphatic carbocycles. The van der Waals surface area contributed by atoms with Gasteiger partial charge in [0.05, 0.1) is 0 Å². The lowest BCUT2D eigenvalue weighted by atomic mass is 10.2. The number of benzene rings is 2. The van der Waals surface area contributed by atoms with Crippen LogP contribution in [0.1, 0.15) is 5.56 Å². The Hall–Kier alpha value is -3.02. The highest BCUT2D eigenvalue weighted by atomic mass is 16.7. The van der Waals surface area contributed by atoms with Crippen molar-refractivity contribution in [3.8, 4) is 0 Å². The highest BCUT2D eigenvalue weighted by molar-refractivity contribution is 5.85. The number of hydrogen-bond acceptors (Lipinski definition) is 4. The summed E-state index contributed by atoms with van der Waals surface area (Å²) in [5.41, 5.74) is 3.29. The van der Waals surface area contributed by atoms with E-state index in [0.29, 0.717) is 5.69 Å². The first-order valence-electron chi connectivity index (χ1n) is 6.23. The summed E-state index contributed by atoms with van der Waals surface area (Å²) in [7, 11) is 0. The van der Waals surface area contributed by atoms with Crippen molar-refractivity contribution in [3.05, 3.63) is 66.2 Å². The molecule has 0 saturated carbocycles. The predicted molar refractivity (Wildman–Crippen MR) is 76.3 cm³/mol. The van der Waals surface area contributed by atoms with Crippen molar-refractivity contribution in [2.45, 2.75) is 6.61 Å². The number of ether oxygens (including phenoxy) is 1. The molecule has 0 saturated heterocycles. The number of anilines is 1. The molecule has 2 amide bonds. The van der Waals surface area contributed by atoms with Crippen molar-refractivity contribution in [1.82, 2.24) is 5.48 Å². The molecule has 21 heavy (non-hydrogen) atoms. The first-order chi connectivity index (χ1) is 10.2. The molecule has 0 radical (unpaired) electrons. The third kappa shape index (κ3) is 5.23. The molecular weight excluding hydrogens is 272 g/mol. The van der Waals surface area contributed by atoms with Crippen LogP contribution in [-0.2, 0) is 16.2 Å². The van der Waals surface area contributed by atoms with Crippen molar-refractivity contribution >= 4 is 17.9 Å². The van der Waals surface area contributed by atoms with Crippen LogP contribution in [0.4, 0.5) is 15.3 Å². The Kier molecular flexibility index (Phi) is 5.17. The van der Waals surface area contributed by atoms with Gasteiger partial charge in [-0.25, -0.2) is 9.59 Å². The minimum atomic E-state index is -0.845. The molecule has 2 rings (SSSR count). The van der Waals surface area contributed by atoms with E-state index in [4.69, 9.17) is 4.74 Å². The van der Waals surface area contributed by atoms with E-state index in [0.717, 1.165) is 5.56 Å². The second kappa shape index (κ2) is 7.54. The molecular formula is C15H14N2O4. The highest BCUT2D eigenvalue weighted by Crippen LogP contribution is 2.05. The number of carbonyl (C=O) groups is 2. The van der Waals surface area contributed by atoms with E-state index >= 15 is 0 Å². The maximum Gasteiger partial charge on any atom is 0.441 e. The second-order valence-electron chi connectivity index (χ2n) is 4.04. The average molecular weight is 286 g/mol. The zero-order valence-corrected chi connectivity index (χ0v) is 11.1. The molecule has 0 aliphatic rings. The molecule has 2 N–H and O–H groups in total. The molecule has 6 nitrogen and oxygen atoms in total. The fraction of sp³-hybridized carbons (Fsp3) is 0.0667. The maximum absolute atomic E-state index is 11.4. The quantitative estimate of drug-likeness (QED) is 0.850. The van der Waals surface area contributed by atoms with E-state index in [1.54, 1.807) is 24.3 Å². The summed E-state index contributed by atoms with van der Waals surface area (Å²) in [6, 6.07) is 17.9. The van der Waals surface area contributed by atoms with E-state index in [1.807, 2.05) is 41.9 Å². The van der Waals surface area contributed by atoms with Crippen LogP contribution in [0.5, 0.6) is 0 Å². The van der Waals surface area contributed by atoms with Gasteiger partial charge >= 0.3 is 12.2 Å². The van der Waals surface area contributed by atoms with Crippen molar-refractivity contribution in [1.29, 1.82) is 0 Å². The summed E-state index contributed by atoms with van der Waals surface area (Å²) in [6.45, 7) is 0.0936. The van der Waals surface area contributed by atoms with E-state index < -0.39 is 12.2 Å². The standard InChI is InChI=1S/C15H14N2O4/c18-14(16-13-9-5-2-6-10-13)21-17-15(19)20-11-12-7-3-1-4-8-12/h1-10H,11H2,(H,16,18)(H,17,19). The average Bonchev–Trinajstić information content (AvgIpc) is 2.53. The van der Waals surface area contributed by atoms with Crippen LogP contribution < -0.4 is 10.8 Å². The number of carbonyl (C=O) groups excluding carboxylic acids is 2. The van der Waals surface area contributed by atoms with Gasteiger partial charge in [0.15, 0.2) is 0 Å². The largest absolute Gasteiger partial charge is 0.443 e. The van der Waals surface area contributed by atoms with Crippen LogP contribution in [0.25, 0.3) is 0 Å². The minimum absolute atomic E-state index is 0.0936. The van der Waals surface area contributed by atoms with E-state index in [-0.39, 0.29) is 6.61 Å². The van der Waals surface area contributed by atoms with Crippen LogP contribution in [0.3, 0.4) is 0 Å². The third-order valence-electron chi connectivity index (χ3n) is 2.46. The smallest absolute Gasteiger partial charge is 0.441 e. The summed E-state index contributed by atoms with van der Waals surface area (Å²) >= 11 is 0. The third-order valence-corrected chi connectivity index (χ3v) is 2.46. The number of nitrogens with one attached hydrogen (secondary N) is 2. The summed E-state index contributed by atoms with van der Waals surface area (Å²) in [4.78, 5) is 27.2. The lowest BCUT2D eigenvalue weighted by Gasteiger charge is -2.08. The molecule has 0 fully saturated rings. The number of para-hydroxylation sites is 1. The molecule has 2 aromatic rings. The van der Waals surface area contributed by atoms with Crippen molar-refractivity contribution in [3.63, 3.8) is 0 Å². The van der Waals surface area contributed by atoms with E-state index in [2.05, 4.69) is 10.2 Å². The van der Waals surface area contributed by atoms with Gasteiger partial charge in [0, 0.05) is 5.69 Å². The summed E-state index contributed by atoms with van der Waals surface area (Å²) in [5, 5.41) is 2.44. The predicted octanol–water partition coefficient (Wildman–Crippen LogP) is 3.08. The second-order valence-corrected chi connectivity index (χ2v) is 4.04.